The Kier molecular flexibility index (Phi) is 5.83. The Balaban J connectivity index is 1.39. The maximum absolute atomic E-state index is 13.6. The van der Waals surface area contributed by atoms with Crippen molar-refractivity contribution in [1.82, 2.24) is 0 Å². The fraction of sp³-hybridized carbons (Fsp3) is 0.346. The van der Waals surface area contributed by atoms with Crippen LogP contribution in [0.2, 0.25) is 0 Å². The van der Waals surface area contributed by atoms with Crippen molar-refractivity contribution in [2.24, 2.45) is 11.8 Å². The lowest BCUT2D eigenvalue weighted by Gasteiger charge is -2.24. The molecule has 10 nitrogen and oxygen atoms in total. The SMILES string of the molecule is COc1cc(NC(=O)[C@H]2[C@H]3C=C[C@@]4(CN(c5ccc(NC(C)=O)cc5)C(=O)[C@@H]24)O3)cc(OC)c1OC. The van der Waals surface area contributed by atoms with Crippen molar-refractivity contribution in [1.29, 1.82) is 0 Å². The number of fused-ring (bicyclic) bond motifs is 1. The fourth-order valence-electron chi connectivity index (χ4n) is 5.32. The highest BCUT2D eigenvalue weighted by Gasteiger charge is 2.67. The molecular weight excluding hydrogens is 466 g/mol. The number of hydrogen-bond acceptors (Lipinski definition) is 7. The molecule has 1 spiro atoms. The topological polar surface area (TPSA) is 115 Å². The second-order valence-electron chi connectivity index (χ2n) is 8.96. The lowest BCUT2D eigenvalue weighted by molar-refractivity contribution is -0.128. The van der Waals surface area contributed by atoms with Crippen LogP contribution in [0.25, 0.3) is 0 Å². The van der Waals surface area contributed by atoms with E-state index in [0.717, 1.165) is 0 Å². The first-order valence-corrected chi connectivity index (χ1v) is 11.5. The zero-order valence-electron chi connectivity index (χ0n) is 20.4. The molecule has 2 bridgehead atoms. The van der Waals surface area contributed by atoms with Crippen LogP contribution in [-0.2, 0) is 19.1 Å². The van der Waals surface area contributed by atoms with Gasteiger partial charge in [0.05, 0.1) is 45.8 Å². The molecule has 4 atom stereocenters. The summed E-state index contributed by atoms with van der Waals surface area (Å²) < 4.78 is 22.3. The molecule has 2 aromatic carbocycles. The first kappa shape index (κ1) is 23.7. The lowest BCUT2D eigenvalue weighted by atomic mass is 9.77. The summed E-state index contributed by atoms with van der Waals surface area (Å²) in [7, 11) is 4.49. The molecule has 3 amide bonds. The number of benzene rings is 2. The van der Waals surface area contributed by atoms with E-state index in [9.17, 15) is 14.4 Å². The lowest BCUT2D eigenvalue weighted by Crippen LogP contribution is -2.41. The summed E-state index contributed by atoms with van der Waals surface area (Å²) in [6.07, 6.45) is 3.26. The van der Waals surface area contributed by atoms with Gasteiger partial charge < -0.3 is 34.5 Å². The van der Waals surface area contributed by atoms with E-state index in [4.69, 9.17) is 18.9 Å². The monoisotopic (exact) mass is 493 g/mol. The van der Waals surface area contributed by atoms with E-state index in [1.807, 2.05) is 12.2 Å². The van der Waals surface area contributed by atoms with Gasteiger partial charge in [-0.2, -0.15) is 0 Å². The van der Waals surface area contributed by atoms with E-state index in [0.29, 0.717) is 40.9 Å². The van der Waals surface area contributed by atoms with Gasteiger partial charge in [0.25, 0.3) is 0 Å². The third-order valence-electron chi connectivity index (χ3n) is 6.83. The van der Waals surface area contributed by atoms with Gasteiger partial charge in [-0.25, -0.2) is 0 Å². The number of hydrogen-bond donors (Lipinski definition) is 2. The number of nitrogens with one attached hydrogen (secondary N) is 2. The van der Waals surface area contributed by atoms with Crippen LogP contribution < -0.4 is 29.7 Å². The first-order chi connectivity index (χ1) is 17.3. The standard InChI is InChI=1S/C26H27N3O7/c1-14(30)27-15-5-7-17(8-6-15)29-13-26-10-9-18(36-26)21(22(26)25(29)32)24(31)28-16-11-19(33-2)23(35-4)20(12-16)34-3/h5-12,18,21-22H,13H2,1-4H3,(H,27,30)(H,28,31)/t18-,21+,22-,26+/m1/s1. The van der Waals surface area contributed by atoms with Crippen LogP contribution in [0, 0.1) is 11.8 Å². The average Bonchev–Trinajstić information content (AvgIpc) is 3.51. The highest BCUT2D eigenvalue weighted by molar-refractivity contribution is 6.05. The van der Waals surface area contributed by atoms with Gasteiger partial charge in [-0.3, -0.25) is 14.4 Å². The van der Waals surface area contributed by atoms with Crippen molar-refractivity contribution in [3.05, 3.63) is 48.6 Å². The van der Waals surface area contributed by atoms with Gasteiger partial charge in [0.15, 0.2) is 11.5 Å². The van der Waals surface area contributed by atoms with Crippen molar-refractivity contribution in [3.63, 3.8) is 0 Å². The minimum Gasteiger partial charge on any atom is -0.493 e. The van der Waals surface area contributed by atoms with Crippen LogP contribution in [0.1, 0.15) is 6.92 Å². The average molecular weight is 494 g/mol. The normalized spacial score (nSPS) is 25.5. The molecule has 0 aromatic heterocycles. The Labute approximate surface area is 208 Å². The van der Waals surface area contributed by atoms with Crippen LogP contribution in [0.3, 0.4) is 0 Å². The number of rotatable bonds is 7. The molecule has 0 unspecified atom stereocenters. The Morgan fingerprint density at radius 2 is 1.67 bits per heavy atom. The number of carbonyl (C=O) groups is 3. The molecule has 3 aliphatic heterocycles. The first-order valence-electron chi connectivity index (χ1n) is 11.5. The van der Waals surface area contributed by atoms with Crippen LogP contribution in [-0.4, -0.2) is 57.3 Å². The smallest absolute Gasteiger partial charge is 0.234 e. The van der Waals surface area contributed by atoms with Gasteiger partial charge in [-0.05, 0) is 24.3 Å². The molecule has 2 fully saturated rings. The maximum Gasteiger partial charge on any atom is 0.234 e. The second kappa shape index (κ2) is 8.87. The Morgan fingerprint density at radius 3 is 2.25 bits per heavy atom. The number of amides is 3. The van der Waals surface area contributed by atoms with Crippen LogP contribution in [0.4, 0.5) is 17.1 Å². The highest BCUT2D eigenvalue weighted by Crippen LogP contribution is 2.53. The van der Waals surface area contributed by atoms with Gasteiger partial charge in [-0.1, -0.05) is 12.2 Å². The van der Waals surface area contributed by atoms with E-state index in [1.165, 1.54) is 28.3 Å². The zero-order chi connectivity index (χ0) is 25.6. The highest BCUT2D eigenvalue weighted by atomic mass is 16.5. The van der Waals surface area contributed by atoms with Crippen molar-refractivity contribution in [2.75, 3.05) is 43.4 Å². The largest absolute Gasteiger partial charge is 0.493 e. The molecule has 0 aliphatic carbocycles. The van der Waals surface area contributed by atoms with Crippen molar-refractivity contribution in [3.8, 4) is 17.2 Å². The van der Waals surface area contributed by atoms with E-state index < -0.39 is 23.5 Å². The van der Waals surface area contributed by atoms with Crippen LogP contribution >= 0.6 is 0 Å². The van der Waals surface area contributed by atoms with Crippen molar-refractivity contribution >= 4 is 34.8 Å². The van der Waals surface area contributed by atoms with E-state index >= 15 is 0 Å². The van der Waals surface area contributed by atoms with Gasteiger partial charge >= 0.3 is 0 Å². The Bertz CT molecular complexity index is 1230. The third kappa shape index (κ3) is 3.74. The summed E-state index contributed by atoms with van der Waals surface area (Å²) in [5.74, 6) is -0.841. The molecule has 3 aliphatic rings. The molecule has 2 N–H and O–H groups in total. The summed E-state index contributed by atoms with van der Waals surface area (Å²) in [4.78, 5) is 40.0. The molecular formula is C26H27N3O7. The van der Waals surface area contributed by atoms with E-state index in [1.54, 1.807) is 41.3 Å². The predicted octanol–water partition coefficient (Wildman–Crippen LogP) is 2.60. The van der Waals surface area contributed by atoms with Gasteiger partial charge in [0.1, 0.15) is 5.60 Å². The summed E-state index contributed by atoms with van der Waals surface area (Å²) in [5.41, 5.74) is 0.888. The molecule has 5 rings (SSSR count). The van der Waals surface area contributed by atoms with E-state index in [2.05, 4.69) is 10.6 Å². The molecule has 0 saturated carbocycles. The number of anilines is 3. The fourth-order valence-corrected chi connectivity index (χ4v) is 5.32. The molecule has 3 heterocycles. The quantitative estimate of drug-likeness (QED) is 0.570. The summed E-state index contributed by atoms with van der Waals surface area (Å²) >= 11 is 0. The summed E-state index contributed by atoms with van der Waals surface area (Å²) in [6, 6.07) is 10.3. The Hall–Kier alpha value is -4.05. The van der Waals surface area contributed by atoms with Gasteiger partial charge in [-0.15, -0.1) is 0 Å². The van der Waals surface area contributed by atoms with E-state index in [-0.39, 0.29) is 17.7 Å². The minimum atomic E-state index is -0.866. The minimum absolute atomic E-state index is 0.176. The molecule has 10 heteroatoms. The van der Waals surface area contributed by atoms with Crippen molar-refractivity contribution < 1.29 is 33.3 Å². The summed E-state index contributed by atoms with van der Waals surface area (Å²) in [6.45, 7) is 1.73. The molecule has 2 aromatic rings. The number of ether oxygens (including phenoxy) is 4. The number of methoxy groups -OCH3 is 3. The van der Waals surface area contributed by atoms with Crippen LogP contribution in [0.15, 0.2) is 48.6 Å². The molecule has 2 saturated heterocycles. The van der Waals surface area contributed by atoms with Gasteiger partial charge in [0.2, 0.25) is 23.5 Å². The predicted molar refractivity (Wildman–Crippen MR) is 132 cm³/mol. The third-order valence-corrected chi connectivity index (χ3v) is 6.83. The molecule has 36 heavy (non-hydrogen) atoms. The second-order valence-corrected chi connectivity index (χ2v) is 8.96. The molecule has 188 valence electrons. The van der Waals surface area contributed by atoms with Gasteiger partial charge in [0, 0.05) is 36.1 Å². The molecule has 0 radical (unpaired) electrons. The summed E-state index contributed by atoms with van der Waals surface area (Å²) in [5, 5.41) is 5.61. The van der Waals surface area contributed by atoms with Crippen LogP contribution in [0.5, 0.6) is 17.2 Å². The number of carbonyl (C=O) groups excluding carboxylic acids is 3. The van der Waals surface area contributed by atoms with Crippen molar-refractivity contribution in [2.45, 2.75) is 18.6 Å². The zero-order valence-corrected chi connectivity index (χ0v) is 20.4. The number of nitrogens with zero attached hydrogens (tertiary/aromatic N) is 1. The maximum atomic E-state index is 13.6. The Morgan fingerprint density at radius 1 is 1.00 bits per heavy atom.